The Bertz CT molecular complexity index is 1730. The first-order chi connectivity index (χ1) is 19.6. The zero-order chi connectivity index (χ0) is 30.0. The molecule has 0 aliphatic carbocycles. The van der Waals surface area contributed by atoms with Crippen molar-refractivity contribution in [2.45, 2.75) is 20.1 Å². The van der Waals surface area contributed by atoms with E-state index in [-0.39, 0.29) is 30.1 Å². The summed E-state index contributed by atoms with van der Waals surface area (Å²) < 4.78 is 61.1. The molecule has 0 saturated carbocycles. The van der Waals surface area contributed by atoms with Gasteiger partial charge < -0.3 is 34.9 Å². The lowest BCUT2D eigenvalue weighted by Gasteiger charge is -2.20. The number of hydrogen-bond donors (Lipinski definition) is 3. The van der Waals surface area contributed by atoms with Gasteiger partial charge in [0.15, 0.2) is 11.6 Å². The third kappa shape index (κ3) is 5.35. The third-order valence-electron chi connectivity index (χ3n) is 6.36. The lowest BCUT2D eigenvalue weighted by Crippen LogP contribution is -2.23. The number of hydrogen-bond acceptors (Lipinski definition) is 8. The van der Waals surface area contributed by atoms with Gasteiger partial charge in [-0.2, -0.15) is 0 Å². The molecule has 0 aliphatic rings. The minimum atomic E-state index is -1.58. The Morgan fingerprint density at radius 2 is 1.83 bits per heavy atom. The molecule has 0 unspecified atom stereocenters. The van der Waals surface area contributed by atoms with E-state index in [1.807, 2.05) is 0 Å². The van der Waals surface area contributed by atoms with Crippen LogP contribution in [0.2, 0.25) is 5.02 Å². The zero-order valence-corrected chi connectivity index (χ0v) is 22.9. The maximum atomic E-state index is 15.2. The molecule has 3 aromatic carbocycles. The van der Waals surface area contributed by atoms with E-state index in [1.54, 1.807) is 18.2 Å². The van der Waals surface area contributed by atoms with E-state index in [2.05, 4.69) is 5.32 Å². The number of fused-ring (bicyclic) bond motifs is 1. The minimum absolute atomic E-state index is 0.0130. The molecule has 4 N–H and O–H groups in total. The van der Waals surface area contributed by atoms with E-state index < -0.39 is 62.6 Å². The van der Waals surface area contributed by atoms with Crippen LogP contribution in [0.4, 0.5) is 24.5 Å². The quantitative estimate of drug-likeness (QED) is 0.142. The van der Waals surface area contributed by atoms with Crippen LogP contribution in [0.1, 0.15) is 28.4 Å². The highest BCUT2D eigenvalue weighted by atomic mass is 35.5. The fourth-order valence-corrected chi connectivity index (χ4v) is 4.60. The summed E-state index contributed by atoms with van der Waals surface area (Å²) in [6, 6.07) is 7.32. The molecular weight excluding hydrogens is 567 g/mol. The van der Waals surface area contributed by atoms with Gasteiger partial charge >= 0.3 is 5.97 Å². The van der Waals surface area contributed by atoms with Crippen molar-refractivity contribution in [3.05, 3.63) is 85.9 Å². The highest BCUT2D eigenvalue weighted by Gasteiger charge is 2.27. The predicted molar refractivity (Wildman–Crippen MR) is 148 cm³/mol. The molecule has 4 rings (SSSR count). The number of benzene rings is 3. The number of carbonyl (C=O) groups is 1. The van der Waals surface area contributed by atoms with Crippen molar-refractivity contribution in [3.63, 3.8) is 0 Å². The summed E-state index contributed by atoms with van der Waals surface area (Å²) in [6.45, 7) is 0.787. The van der Waals surface area contributed by atoms with E-state index in [0.717, 1.165) is 16.8 Å². The number of pyridine rings is 1. The second kappa shape index (κ2) is 12.0. The summed E-state index contributed by atoms with van der Waals surface area (Å²) in [7, 11) is 2.97. The van der Waals surface area contributed by atoms with Crippen LogP contribution in [-0.2, 0) is 17.9 Å². The molecule has 4 aromatic rings. The first-order valence-corrected chi connectivity index (χ1v) is 12.5. The molecule has 0 fully saturated rings. The largest absolute Gasteiger partial charge is 0.497 e. The van der Waals surface area contributed by atoms with Gasteiger partial charge in [-0.15, -0.1) is 0 Å². The van der Waals surface area contributed by atoms with E-state index in [0.29, 0.717) is 17.1 Å². The number of halogens is 4. The van der Waals surface area contributed by atoms with Gasteiger partial charge in [0.1, 0.15) is 27.9 Å². The summed E-state index contributed by atoms with van der Waals surface area (Å²) in [5, 5.41) is 11.6. The van der Waals surface area contributed by atoms with Crippen molar-refractivity contribution < 1.29 is 37.3 Å². The smallest absolute Gasteiger partial charge is 0.343 e. The molecule has 41 heavy (non-hydrogen) atoms. The number of esters is 1. The van der Waals surface area contributed by atoms with Crippen molar-refractivity contribution in [1.82, 2.24) is 4.57 Å². The molecule has 0 bridgehead atoms. The van der Waals surface area contributed by atoms with Gasteiger partial charge in [-0.05, 0) is 31.2 Å². The number of methoxy groups -OCH3 is 2. The minimum Gasteiger partial charge on any atom is -0.497 e. The zero-order valence-electron chi connectivity index (χ0n) is 22.1. The Kier molecular flexibility index (Phi) is 8.64. The normalized spacial score (nSPS) is 11.0. The molecule has 0 spiro atoms. The predicted octanol–water partition coefficient (Wildman–Crippen LogP) is 4.94. The molecule has 216 valence electrons. The monoisotopic (exact) mass is 591 g/mol. The number of aromatic nitrogens is 1. The molecule has 0 amide bonds. The Balaban J connectivity index is 1.96. The van der Waals surface area contributed by atoms with Crippen LogP contribution in [-0.4, -0.2) is 36.5 Å². The first-order valence-electron chi connectivity index (χ1n) is 12.1. The number of rotatable bonds is 9. The molecule has 9 nitrogen and oxygen atoms in total. The molecule has 0 atom stereocenters. The lowest BCUT2D eigenvalue weighted by atomic mass is 10.1. The van der Waals surface area contributed by atoms with E-state index in [9.17, 15) is 23.5 Å². The first kappa shape index (κ1) is 29.6. The van der Waals surface area contributed by atoms with Crippen molar-refractivity contribution in [3.8, 4) is 17.2 Å². The van der Waals surface area contributed by atoms with Gasteiger partial charge in [0.2, 0.25) is 5.43 Å². The standard InChI is InChI=1S/C28H25ClF3N3O6/c1-4-41-28(38)16-11-35(26-21(27(16)37)25(33)24(32)23(31)22(26)29)19-9-18(17(30)7-14(19)12-36)34-10-13-5-6-15(39-2)8-20(13)40-3/h5-9,11,34,36H,4,10,12,33H2,1-3H3. The number of ether oxygens (including phenoxy) is 3. The molecule has 0 aliphatic heterocycles. The highest BCUT2D eigenvalue weighted by Crippen LogP contribution is 2.36. The van der Waals surface area contributed by atoms with E-state index in [1.165, 1.54) is 27.2 Å². The average molecular weight is 592 g/mol. The fourth-order valence-electron chi connectivity index (χ4n) is 4.33. The summed E-state index contributed by atoms with van der Waals surface area (Å²) in [5.41, 5.74) is 3.40. The molecular formula is C28H25ClF3N3O6. The summed E-state index contributed by atoms with van der Waals surface area (Å²) in [4.78, 5) is 25.9. The lowest BCUT2D eigenvalue weighted by molar-refractivity contribution is 0.0524. The number of nitrogens with one attached hydrogen (secondary N) is 1. The number of aliphatic hydroxyl groups is 1. The van der Waals surface area contributed by atoms with Gasteiger partial charge in [0.25, 0.3) is 0 Å². The van der Waals surface area contributed by atoms with Crippen LogP contribution in [0.5, 0.6) is 11.5 Å². The van der Waals surface area contributed by atoms with Gasteiger partial charge in [-0.25, -0.2) is 18.0 Å². The van der Waals surface area contributed by atoms with Gasteiger partial charge in [-0.1, -0.05) is 11.6 Å². The molecule has 1 heterocycles. The van der Waals surface area contributed by atoms with Gasteiger partial charge in [0, 0.05) is 29.9 Å². The number of aliphatic hydroxyl groups excluding tert-OH is 1. The average Bonchev–Trinajstić information content (AvgIpc) is 2.97. The number of nitrogen functional groups attached to an aromatic ring is 1. The summed E-state index contributed by atoms with van der Waals surface area (Å²) in [5.74, 6) is -3.92. The second-order valence-electron chi connectivity index (χ2n) is 8.69. The maximum Gasteiger partial charge on any atom is 0.343 e. The van der Waals surface area contributed by atoms with Crippen LogP contribution in [0, 0.1) is 17.5 Å². The van der Waals surface area contributed by atoms with Crippen molar-refractivity contribution in [2.75, 3.05) is 31.9 Å². The van der Waals surface area contributed by atoms with Crippen molar-refractivity contribution in [1.29, 1.82) is 0 Å². The maximum absolute atomic E-state index is 15.2. The fraction of sp³-hybridized carbons (Fsp3) is 0.214. The van der Waals surface area contributed by atoms with E-state index >= 15 is 4.39 Å². The van der Waals surface area contributed by atoms with Crippen LogP contribution in [0.3, 0.4) is 0 Å². The van der Waals surface area contributed by atoms with Crippen LogP contribution >= 0.6 is 11.6 Å². The number of carbonyl (C=O) groups excluding carboxylic acids is 1. The summed E-state index contributed by atoms with van der Waals surface area (Å²) >= 11 is 6.17. The second-order valence-corrected chi connectivity index (χ2v) is 9.07. The van der Waals surface area contributed by atoms with Gasteiger partial charge in [0.05, 0.1) is 55.4 Å². The van der Waals surface area contributed by atoms with Crippen LogP contribution < -0.4 is 26.0 Å². The Hall–Kier alpha value is -4.42. The number of nitrogens with two attached hydrogens (primary N) is 1. The molecule has 0 saturated heterocycles. The van der Waals surface area contributed by atoms with Crippen molar-refractivity contribution in [2.24, 2.45) is 0 Å². The van der Waals surface area contributed by atoms with Crippen LogP contribution in [0.25, 0.3) is 16.6 Å². The third-order valence-corrected chi connectivity index (χ3v) is 6.71. The highest BCUT2D eigenvalue weighted by molar-refractivity contribution is 6.36. The number of nitrogens with zero attached hydrogens (tertiary/aromatic N) is 1. The Morgan fingerprint density at radius 3 is 2.46 bits per heavy atom. The topological polar surface area (TPSA) is 125 Å². The van der Waals surface area contributed by atoms with E-state index in [4.69, 9.17) is 31.5 Å². The summed E-state index contributed by atoms with van der Waals surface area (Å²) in [6.07, 6.45) is 0.994. The number of anilines is 2. The van der Waals surface area contributed by atoms with Gasteiger partial charge in [-0.3, -0.25) is 4.79 Å². The Labute approximate surface area is 236 Å². The SMILES string of the molecule is CCOC(=O)c1cn(-c2cc(NCc3ccc(OC)cc3OC)c(F)cc2CO)c2c(Cl)c(F)c(F)c(N)c2c1=O. The van der Waals surface area contributed by atoms with Crippen LogP contribution in [0.15, 0.2) is 41.3 Å². The molecule has 0 radical (unpaired) electrons. The Morgan fingerprint density at radius 1 is 1.10 bits per heavy atom. The van der Waals surface area contributed by atoms with Crippen molar-refractivity contribution >= 4 is 39.8 Å². The molecule has 1 aromatic heterocycles. The molecule has 13 heteroatoms.